The second-order valence-corrected chi connectivity index (χ2v) is 7.14. The van der Waals surface area contributed by atoms with Gasteiger partial charge in [0.1, 0.15) is 0 Å². The van der Waals surface area contributed by atoms with Gasteiger partial charge in [0.05, 0.1) is 71.5 Å². The summed E-state index contributed by atoms with van der Waals surface area (Å²) in [4.78, 5) is 0. The highest BCUT2D eigenvalue weighted by Gasteiger charge is 2.34. The average Bonchev–Trinajstić information content (AvgIpc) is 2.68. The largest absolute Gasteiger partial charge is 0.396 e. The number of hydrogen-bond donors (Lipinski definition) is 6. The Morgan fingerprint density at radius 3 is 0.920 bits per heavy atom. The van der Waals surface area contributed by atoms with E-state index in [2.05, 4.69) is 0 Å². The van der Waals surface area contributed by atoms with Crippen molar-refractivity contribution in [3.05, 3.63) is 0 Å². The van der Waals surface area contributed by atoms with Crippen LogP contribution in [0.3, 0.4) is 0 Å². The van der Waals surface area contributed by atoms with E-state index in [1.54, 1.807) is 0 Å². The van der Waals surface area contributed by atoms with Crippen LogP contribution in [0.5, 0.6) is 0 Å². The molecule has 6 N–H and O–H groups in total. The highest BCUT2D eigenvalue weighted by atomic mass is 16.5. The van der Waals surface area contributed by atoms with Crippen LogP contribution in [0.25, 0.3) is 0 Å². The SMILES string of the molecule is CCC(CO)(CO)COCC(CO)(CO)COCC(CC)(CO)CO. The van der Waals surface area contributed by atoms with Gasteiger partial charge in [-0.15, -0.1) is 0 Å². The summed E-state index contributed by atoms with van der Waals surface area (Å²) < 4.78 is 11.1. The van der Waals surface area contributed by atoms with Crippen molar-refractivity contribution in [2.75, 3.05) is 66.1 Å². The molecule has 8 nitrogen and oxygen atoms in total. The third-order valence-corrected chi connectivity index (χ3v) is 5.15. The van der Waals surface area contributed by atoms with Crippen molar-refractivity contribution >= 4 is 0 Å². The molecule has 0 atom stereocenters. The van der Waals surface area contributed by atoms with Crippen LogP contribution in [0.2, 0.25) is 0 Å². The van der Waals surface area contributed by atoms with Gasteiger partial charge in [-0.05, 0) is 12.8 Å². The van der Waals surface area contributed by atoms with E-state index in [9.17, 15) is 30.6 Å². The van der Waals surface area contributed by atoms with Gasteiger partial charge in [-0.1, -0.05) is 13.8 Å². The lowest BCUT2D eigenvalue weighted by Gasteiger charge is -2.34. The molecule has 0 aliphatic heterocycles. The van der Waals surface area contributed by atoms with E-state index >= 15 is 0 Å². The highest BCUT2D eigenvalue weighted by molar-refractivity contribution is 4.82. The summed E-state index contributed by atoms with van der Waals surface area (Å²) in [7, 11) is 0. The van der Waals surface area contributed by atoms with Crippen molar-refractivity contribution in [3.63, 3.8) is 0 Å². The molecule has 0 saturated carbocycles. The molecule has 152 valence electrons. The lowest BCUT2D eigenvalue weighted by molar-refractivity contribution is -0.118. The van der Waals surface area contributed by atoms with E-state index in [0.29, 0.717) is 12.8 Å². The third-order valence-electron chi connectivity index (χ3n) is 5.15. The first kappa shape index (κ1) is 24.7. The molecule has 25 heavy (non-hydrogen) atoms. The minimum atomic E-state index is -1.05. The van der Waals surface area contributed by atoms with Crippen LogP contribution in [0.1, 0.15) is 26.7 Å². The van der Waals surface area contributed by atoms with Crippen LogP contribution >= 0.6 is 0 Å². The summed E-state index contributed by atoms with van der Waals surface area (Å²) in [6, 6.07) is 0. The molecule has 0 aliphatic rings. The Balaban J connectivity index is 4.69. The molecule has 0 unspecified atom stereocenters. The fourth-order valence-corrected chi connectivity index (χ4v) is 2.18. The monoisotopic (exact) mass is 368 g/mol. The second-order valence-electron chi connectivity index (χ2n) is 7.14. The molecule has 0 aromatic carbocycles. The average molecular weight is 368 g/mol. The number of hydrogen-bond acceptors (Lipinski definition) is 8. The Morgan fingerprint density at radius 2 is 0.720 bits per heavy atom. The van der Waals surface area contributed by atoms with E-state index in [0.717, 1.165) is 0 Å². The van der Waals surface area contributed by atoms with Crippen molar-refractivity contribution in [2.45, 2.75) is 26.7 Å². The standard InChI is InChI=1S/C17H36O8/c1-3-15(5-18,6-19)11-24-13-17(9-22,10-23)14-25-12-16(4-2,7-20)8-21/h18-23H,3-14H2,1-2H3. The Morgan fingerprint density at radius 1 is 0.480 bits per heavy atom. The summed E-state index contributed by atoms with van der Waals surface area (Å²) >= 11 is 0. The first-order valence-electron chi connectivity index (χ1n) is 8.71. The molecule has 0 spiro atoms. The van der Waals surface area contributed by atoms with Crippen molar-refractivity contribution in [1.82, 2.24) is 0 Å². The second kappa shape index (κ2) is 12.1. The molecule has 0 radical (unpaired) electrons. The summed E-state index contributed by atoms with van der Waals surface area (Å²) in [5, 5.41) is 57.0. The van der Waals surface area contributed by atoms with E-state index < -0.39 is 16.2 Å². The molecule has 0 aliphatic carbocycles. The molecular formula is C17H36O8. The smallest absolute Gasteiger partial charge is 0.0632 e. The number of rotatable bonds is 16. The van der Waals surface area contributed by atoms with Gasteiger partial charge in [0.25, 0.3) is 0 Å². The zero-order valence-electron chi connectivity index (χ0n) is 15.5. The van der Waals surface area contributed by atoms with Crippen molar-refractivity contribution in [2.24, 2.45) is 16.2 Å². The maximum absolute atomic E-state index is 9.66. The predicted molar refractivity (Wildman–Crippen MR) is 92.0 cm³/mol. The van der Waals surface area contributed by atoms with E-state index in [-0.39, 0.29) is 66.1 Å². The van der Waals surface area contributed by atoms with Gasteiger partial charge in [-0.3, -0.25) is 0 Å². The van der Waals surface area contributed by atoms with Gasteiger partial charge in [-0.2, -0.15) is 0 Å². The van der Waals surface area contributed by atoms with Crippen LogP contribution in [0.15, 0.2) is 0 Å². The molecule has 0 aromatic rings. The summed E-state index contributed by atoms with van der Waals surface area (Å²) in [6.07, 6.45) is 1.04. The minimum absolute atomic E-state index is 0.0148. The number of aliphatic hydroxyl groups is 6. The van der Waals surface area contributed by atoms with Gasteiger partial charge in [0.15, 0.2) is 0 Å². The topological polar surface area (TPSA) is 140 Å². The molecule has 0 rings (SSSR count). The van der Waals surface area contributed by atoms with Gasteiger partial charge >= 0.3 is 0 Å². The Kier molecular flexibility index (Phi) is 12.0. The predicted octanol–water partition coefficient (Wildman–Crippen LogP) is -1.25. The number of aliphatic hydroxyl groups excluding tert-OH is 6. The minimum Gasteiger partial charge on any atom is -0.396 e. The van der Waals surface area contributed by atoms with E-state index in [4.69, 9.17) is 9.47 Å². The first-order chi connectivity index (χ1) is 11.9. The maximum atomic E-state index is 9.66. The van der Waals surface area contributed by atoms with Crippen LogP contribution in [-0.4, -0.2) is 96.7 Å². The summed E-state index contributed by atoms with van der Waals surface area (Å²) in [5.41, 5.74) is -2.57. The zero-order chi connectivity index (χ0) is 19.4. The Bertz CT molecular complexity index is 280. The summed E-state index contributed by atoms with van der Waals surface area (Å²) in [5.74, 6) is 0. The third kappa shape index (κ3) is 7.07. The van der Waals surface area contributed by atoms with Gasteiger partial charge in [0, 0.05) is 10.8 Å². The Labute approximate surface area is 150 Å². The molecule has 8 heteroatoms. The lowest BCUT2D eigenvalue weighted by atomic mass is 9.87. The van der Waals surface area contributed by atoms with Crippen molar-refractivity contribution in [3.8, 4) is 0 Å². The van der Waals surface area contributed by atoms with Gasteiger partial charge in [-0.25, -0.2) is 0 Å². The molecule has 0 fully saturated rings. The molecule has 0 saturated heterocycles. The first-order valence-corrected chi connectivity index (χ1v) is 8.71. The summed E-state index contributed by atoms with van der Waals surface area (Å²) in [6.45, 7) is 2.14. The Hall–Kier alpha value is -0.320. The molecule has 0 bridgehead atoms. The van der Waals surface area contributed by atoms with Crippen molar-refractivity contribution in [1.29, 1.82) is 0 Å². The van der Waals surface area contributed by atoms with Crippen LogP contribution in [0, 0.1) is 16.2 Å². The quantitative estimate of drug-likeness (QED) is 0.199. The van der Waals surface area contributed by atoms with E-state index in [1.807, 2.05) is 13.8 Å². The van der Waals surface area contributed by atoms with Gasteiger partial charge < -0.3 is 40.1 Å². The normalized spacial score (nSPS) is 13.4. The van der Waals surface area contributed by atoms with Crippen LogP contribution in [-0.2, 0) is 9.47 Å². The van der Waals surface area contributed by atoms with Crippen LogP contribution in [0.4, 0.5) is 0 Å². The molecular weight excluding hydrogens is 332 g/mol. The van der Waals surface area contributed by atoms with Crippen LogP contribution < -0.4 is 0 Å². The fraction of sp³-hybridized carbons (Fsp3) is 1.00. The fourth-order valence-electron chi connectivity index (χ4n) is 2.18. The van der Waals surface area contributed by atoms with Gasteiger partial charge in [0.2, 0.25) is 0 Å². The highest BCUT2D eigenvalue weighted by Crippen LogP contribution is 2.25. The number of ether oxygens (including phenoxy) is 2. The van der Waals surface area contributed by atoms with E-state index in [1.165, 1.54) is 0 Å². The molecule has 0 amide bonds. The molecule has 0 aromatic heterocycles. The lowest BCUT2D eigenvalue weighted by Crippen LogP contribution is -2.44. The maximum Gasteiger partial charge on any atom is 0.0632 e. The zero-order valence-corrected chi connectivity index (χ0v) is 15.5. The van der Waals surface area contributed by atoms with Crippen molar-refractivity contribution < 1.29 is 40.1 Å². The molecule has 0 heterocycles.